The van der Waals surface area contributed by atoms with Gasteiger partial charge >= 0.3 is 0 Å². The van der Waals surface area contributed by atoms with Gasteiger partial charge in [-0.05, 0) is 6.92 Å². The second-order valence-electron chi connectivity index (χ2n) is 3.83. The standard InChI is InChI=1S/C13H10N6/c1-9-11(17-5-4-15-9)13-12(18-6-7-19-13)10-8-14-2-3-16-10/h2-8H,1H3. The molecule has 3 aromatic heterocycles. The number of hydrogen-bond donors (Lipinski definition) is 0. The molecule has 6 heteroatoms. The van der Waals surface area contributed by atoms with Crippen LogP contribution in [-0.4, -0.2) is 29.9 Å². The maximum Gasteiger partial charge on any atom is 0.118 e. The summed E-state index contributed by atoms with van der Waals surface area (Å²) >= 11 is 0. The Kier molecular flexibility index (Phi) is 2.89. The molecule has 0 aliphatic carbocycles. The highest BCUT2D eigenvalue weighted by atomic mass is 14.9. The van der Waals surface area contributed by atoms with Crippen LogP contribution in [0.1, 0.15) is 5.69 Å². The molecule has 3 heterocycles. The first kappa shape index (κ1) is 11.3. The van der Waals surface area contributed by atoms with E-state index in [1.807, 2.05) is 6.92 Å². The molecular weight excluding hydrogens is 240 g/mol. The Balaban J connectivity index is 2.21. The van der Waals surface area contributed by atoms with E-state index in [1.54, 1.807) is 43.4 Å². The van der Waals surface area contributed by atoms with E-state index in [1.165, 1.54) is 0 Å². The van der Waals surface area contributed by atoms with Crippen molar-refractivity contribution in [3.8, 4) is 22.8 Å². The van der Waals surface area contributed by atoms with E-state index >= 15 is 0 Å². The van der Waals surface area contributed by atoms with Crippen molar-refractivity contribution in [1.82, 2.24) is 29.9 Å². The Bertz CT molecular complexity index is 698. The van der Waals surface area contributed by atoms with Crippen LogP contribution in [0.25, 0.3) is 22.8 Å². The smallest absolute Gasteiger partial charge is 0.118 e. The van der Waals surface area contributed by atoms with Crippen LogP contribution >= 0.6 is 0 Å². The molecule has 92 valence electrons. The van der Waals surface area contributed by atoms with E-state index in [4.69, 9.17) is 0 Å². The maximum atomic E-state index is 4.35. The van der Waals surface area contributed by atoms with Crippen molar-refractivity contribution in [3.63, 3.8) is 0 Å². The molecule has 0 radical (unpaired) electrons. The molecule has 0 fully saturated rings. The minimum Gasteiger partial charge on any atom is -0.261 e. The van der Waals surface area contributed by atoms with Gasteiger partial charge in [0.05, 0.1) is 11.9 Å². The third kappa shape index (κ3) is 2.15. The summed E-state index contributed by atoms with van der Waals surface area (Å²) in [4.78, 5) is 25.5. The van der Waals surface area contributed by atoms with Crippen molar-refractivity contribution in [2.45, 2.75) is 6.92 Å². The van der Waals surface area contributed by atoms with Crippen LogP contribution in [0.5, 0.6) is 0 Å². The fraction of sp³-hybridized carbons (Fsp3) is 0.0769. The van der Waals surface area contributed by atoms with E-state index in [-0.39, 0.29) is 0 Å². The summed E-state index contributed by atoms with van der Waals surface area (Å²) in [5.41, 5.74) is 3.48. The normalized spacial score (nSPS) is 10.4. The van der Waals surface area contributed by atoms with Gasteiger partial charge in [0.2, 0.25) is 0 Å². The summed E-state index contributed by atoms with van der Waals surface area (Å²) in [6.07, 6.45) is 11.4. The molecule has 0 saturated carbocycles. The number of nitrogens with zero attached hydrogens (tertiary/aromatic N) is 6. The van der Waals surface area contributed by atoms with E-state index < -0.39 is 0 Å². The van der Waals surface area contributed by atoms with Crippen LogP contribution in [0.3, 0.4) is 0 Å². The number of rotatable bonds is 2. The fourth-order valence-corrected chi connectivity index (χ4v) is 1.76. The zero-order valence-electron chi connectivity index (χ0n) is 10.2. The van der Waals surface area contributed by atoms with Crippen LogP contribution < -0.4 is 0 Å². The number of aromatic nitrogens is 6. The summed E-state index contributed by atoms with van der Waals surface area (Å²) in [6, 6.07) is 0. The molecular formula is C13H10N6. The third-order valence-electron chi connectivity index (χ3n) is 2.61. The summed E-state index contributed by atoms with van der Waals surface area (Å²) in [5.74, 6) is 0. The Morgan fingerprint density at radius 2 is 1.26 bits per heavy atom. The average molecular weight is 250 g/mol. The van der Waals surface area contributed by atoms with Crippen LogP contribution in [0.15, 0.2) is 43.4 Å². The van der Waals surface area contributed by atoms with Gasteiger partial charge in [0.1, 0.15) is 22.8 Å². The molecule has 0 saturated heterocycles. The zero-order chi connectivity index (χ0) is 13.1. The molecule has 19 heavy (non-hydrogen) atoms. The molecule has 0 atom stereocenters. The van der Waals surface area contributed by atoms with E-state index in [0.717, 1.165) is 5.69 Å². The van der Waals surface area contributed by atoms with Gasteiger partial charge in [0.25, 0.3) is 0 Å². The van der Waals surface area contributed by atoms with Gasteiger partial charge in [-0.2, -0.15) is 0 Å². The first-order valence-corrected chi connectivity index (χ1v) is 5.71. The zero-order valence-corrected chi connectivity index (χ0v) is 10.2. The van der Waals surface area contributed by atoms with Crippen molar-refractivity contribution in [1.29, 1.82) is 0 Å². The minimum absolute atomic E-state index is 0.652. The summed E-state index contributed by atoms with van der Waals surface area (Å²) < 4.78 is 0. The molecule has 3 aromatic rings. The van der Waals surface area contributed by atoms with Gasteiger partial charge in [-0.3, -0.25) is 29.9 Å². The van der Waals surface area contributed by atoms with Crippen LogP contribution in [-0.2, 0) is 0 Å². The molecule has 0 bridgehead atoms. The molecule has 0 aliphatic heterocycles. The summed E-state index contributed by atoms with van der Waals surface area (Å²) in [6.45, 7) is 1.89. The predicted octanol–water partition coefficient (Wildman–Crippen LogP) is 1.70. The highest BCUT2D eigenvalue weighted by Gasteiger charge is 2.14. The molecule has 0 spiro atoms. The second-order valence-corrected chi connectivity index (χ2v) is 3.83. The lowest BCUT2D eigenvalue weighted by Crippen LogP contribution is -1.99. The predicted molar refractivity (Wildman–Crippen MR) is 68.8 cm³/mol. The molecule has 3 rings (SSSR count). The van der Waals surface area contributed by atoms with E-state index in [2.05, 4.69) is 29.9 Å². The quantitative estimate of drug-likeness (QED) is 0.688. The molecule has 0 amide bonds. The van der Waals surface area contributed by atoms with Crippen molar-refractivity contribution in [2.75, 3.05) is 0 Å². The molecule has 0 aromatic carbocycles. The lowest BCUT2D eigenvalue weighted by Gasteiger charge is -2.07. The lowest BCUT2D eigenvalue weighted by atomic mass is 10.1. The Morgan fingerprint density at radius 1 is 0.632 bits per heavy atom. The molecule has 6 nitrogen and oxygen atoms in total. The highest BCUT2D eigenvalue weighted by molar-refractivity contribution is 5.74. The Morgan fingerprint density at radius 3 is 1.95 bits per heavy atom. The van der Waals surface area contributed by atoms with Crippen LogP contribution in [0, 0.1) is 6.92 Å². The first-order chi connectivity index (χ1) is 9.36. The largest absolute Gasteiger partial charge is 0.261 e. The molecule has 0 aliphatic rings. The highest BCUT2D eigenvalue weighted by Crippen LogP contribution is 2.25. The van der Waals surface area contributed by atoms with Gasteiger partial charge < -0.3 is 0 Å². The van der Waals surface area contributed by atoms with Gasteiger partial charge in [-0.15, -0.1) is 0 Å². The number of hydrogen-bond acceptors (Lipinski definition) is 6. The van der Waals surface area contributed by atoms with Crippen molar-refractivity contribution in [3.05, 3.63) is 49.1 Å². The second kappa shape index (κ2) is 4.85. The van der Waals surface area contributed by atoms with E-state index in [0.29, 0.717) is 22.8 Å². The Labute approximate surface area is 109 Å². The van der Waals surface area contributed by atoms with Gasteiger partial charge in [-0.1, -0.05) is 0 Å². The Hall–Kier alpha value is -2.76. The maximum absolute atomic E-state index is 4.35. The SMILES string of the molecule is Cc1nccnc1-c1nccnc1-c1cnccn1. The first-order valence-electron chi connectivity index (χ1n) is 5.71. The summed E-state index contributed by atoms with van der Waals surface area (Å²) in [7, 11) is 0. The van der Waals surface area contributed by atoms with Gasteiger partial charge in [0, 0.05) is 37.2 Å². The van der Waals surface area contributed by atoms with Crippen LogP contribution in [0.4, 0.5) is 0 Å². The number of aryl methyl sites for hydroxylation is 1. The van der Waals surface area contributed by atoms with E-state index in [9.17, 15) is 0 Å². The van der Waals surface area contributed by atoms with Gasteiger partial charge in [0.15, 0.2) is 0 Å². The third-order valence-corrected chi connectivity index (χ3v) is 2.61. The average Bonchev–Trinajstić information content (AvgIpc) is 2.49. The van der Waals surface area contributed by atoms with Crippen molar-refractivity contribution < 1.29 is 0 Å². The van der Waals surface area contributed by atoms with Crippen molar-refractivity contribution in [2.24, 2.45) is 0 Å². The van der Waals surface area contributed by atoms with Crippen LogP contribution in [0.2, 0.25) is 0 Å². The summed E-state index contributed by atoms with van der Waals surface area (Å²) in [5, 5.41) is 0. The van der Waals surface area contributed by atoms with Crippen molar-refractivity contribution >= 4 is 0 Å². The fourth-order valence-electron chi connectivity index (χ4n) is 1.76. The monoisotopic (exact) mass is 250 g/mol. The molecule has 0 N–H and O–H groups in total. The molecule has 0 unspecified atom stereocenters. The topological polar surface area (TPSA) is 77.3 Å². The van der Waals surface area contributed by atoms with Gasteiger partial charge in [-0.25, -0.2) is 0 Å². The minimum atomic E-state index is 0.652. The lowest BCUT2D eigenvalue weighted by molar-refractivity contribution is 1.08.